The molecule has 0 radical (unpaired) electrons. The average molecular weight is 186 g/mol. The molecule has 0 aliphatic rings. The van der Waals surface area contributed by atoms with Gasteiger partial charge < -0.3 is 4.74 Å². The van der Waals surface area contributed by atoms with Crippen molar-refractivity contribution in [2.75, 3.05) is 6.23 Å². The van der Waals surface area contributed by atoms with E-state index in [2.05, 4.69) is 13.1 Å². The molecular formula is C9H18O2Si. The van der Waals surface area contributed by atoms with E-state index in [9.17, 15) is 4.79 Å². The molecule has 3 heteroatoms. The summed E-state index contributed by atoms with van der Waals surface area (Å²) in [5.41, 5.74) is 1.92. The predicted octanol–water partition coefficient (Wildman–Crippen LogP) is 1.70. The van der Waals surface area contributed by atoms with Gasteiger partial charge in [0.05, 0.1) is 6.23 Å². The van der Waals surface area contributed by atoms with Crippen LogP contribution in [-0.2, 0) is 9.53 Å². The molecule has 0 spiro atoms. The lowest BCUT2D eigenvalue weighted by molar-refractivity contribution is -0.142. The molecule has 0 aromatic heterocycles. The van der Waals surface area contributed by atoms with Gasteiger partial charge >= 0.3 is 5.97 Å². The van der Waals surface area contributed by atoms with Gasteiger partial charge in [-0.15, -0.1) is 12.3 Å². The first-order chi connectivity index (χ1) is 5.56. The number of esters is 1. The van der Waals surface area contributed by atoms with Crippen LogP contribution in [0.25, 0.3) is 0 Å². The van der Waals surface area contributed by atoms with Crippen LogP contribution in [-0.4, -0.2) is 21.0 Å². The molecular weight excluding hydrogens is 168 g/mol. The lowest BCUT2D eigenvalue weighted by Crippen LogP contribution is -2.18. The van der Waals surface area contributed by atoms with Crippen LogP contribution in [0.1, 0.15) is 20.3 Å². The molecule has 1 atom stereocenters. The van der Waals surface area contributed by atoms with Crippen molar-refractivity contribution < 1.29 is 9.53 Å². The standard InChI is InChI=1S/C9H18O2Si/c1-5-12(4)7-11-9(10)6-8(2)3/h5,8,12H,1,6-7H2,2-4H3. The van der Waals surface area contributed by atoms with Crippen LogP contribution in [0, 0.1) is 5.92 Å². The maximum Gasteiger partial charge on any atom is 0.305 e. The summed E-state index contributed by atoms with van der Waals surface area (Å²) in [4.78, 5) is 11.0. The summed E-state index contributed by atoms with van der Waals surface area (Å²) in [7, 11) is -0.962. The predicted molar refractivity (Wildman–Crippen MR) is 53.6 cm³/mol. The molecule has 0 saturated heterocycles. The average Bonchev–Trinajstić information content (AvgIpc) is 1.99. The molecule has 2 nitrogen and oxygen atoms in total. The second kappa shape index (κ2) is 6.00. The molecule has 0 N–H and O–H groups in total. The topological polar surface area (TPSA) is 26.3 Å². The summed E-state index contributed by atoms with van der Waals surface area (Å²) < 4.78 is 5.06. The number of ether oxygens (including phenoxy) is 1. The Labute approximate surface area is 76.2 Å². The van der Waals surface area contributed by atoms with Gasteiger partial charge in [-0.2, -0.15) is 0 Å². The SMILES string of the molecule is C=C[SiH](C)COC(=O)CC(C)C. The summed E-state index contributed by atoms with van der Waals surface area (Å²) in [5.74, 6) is 0.310. The lowest BCUT2D eigenvalue weighted by atomic mass is 10.1. The van der Waals surface area contributed by atoms with E-state index in [0.29, 0.717) is 18.6 Å². The first kappa shape index (κ1) is 11.4. The van der Waals surface area contributed by atoms with Gasteiger partial charge in [0.25, 0.3) is 0 Å². The van der Waals surface area contributed by atoms with Crippen LogP contribution >= 0.6 is 0 Å². The molecule has 0 aliphatic heterocycles. The number of hydrogen-bond acceptors (Lipinski definition) is 2. The second-order valence-corrected chi connectivity index (χ2v) is 6.25. The van der Waals surface area contributed by atoms with Crippen molar-refractivity contribution in [3.05, 3.63) is 12.3 Å². The molecule has 0 fully saturated rings. The van der Waals surface area contributed by atoms with Gasteiger partial charge in [0, 0.05) is 6.42 Å². The van der Waals surface area contributed by atoms with Gasteiger partial charge in [0.1, 0.15) is 8.80 Å². The van der Waals surface area contributed by atoms with E-state index in [1.54, 1.807) is 0 Å². The van der Waals surface area contributed by atoms with Crippen molar-refractivity contribution in [2.45, 2.75) is 26.8 Å². The Kier molecular flexibility index (Phi) is 5.71. The molecule has 0 aromatic rings. The summed E-state index contributed by atoms with van der Waals surface area (Å²) in [6.45, 7) is 9.80. The van der Waals surface area contributed by atoms with E-state index in [1.807, 2.05) is 19.5 Å². The minimum atomic E-state index is -0.962. The van der Waals surface area contributed by atoms with Crippen molar-refractivity contribution >= 4 is 14.8 Å². The highest BCUT2D eigenvalue weighted by molar-refractivity contribution is 6.62. The Morgan fingerprint density at radius 3 is 2.67 bits per heavy atom. The Hall–Kier alpha value is -0.573. The lowest BCUT2D eigenvalue weighted by Gasteiger charge is -2.07. The summed E-state index contributed by atoms with van der Waals surface area (Å²) in [6.07, 6.45) is 1.12. The molecule has 0 bridgehead atoms. The van der Waals surface area contributed by atoms with Gasteiger partial charge in [-0.1, -0.05) is 20.4 Å². The second-order valence-electron chi connectivity index (χ2n) is 3.49. The van der Waals surface area contributed by atoms with Crippen LogP contribution in [0.3, 0.4) is 0 Å². The smallest absolute Gasteiger partial charge is 0.305 e. The van der Waals surface area contributed by atoms with E-state index >= 15 is 0 Å². The third-order valence-electron chi connectivity index (χ3n) is 1.48. The third-order valence-corrected chi connectivity index (χ3v) is 2.98. The zero-order valence-electron chi connectivity index (χ0n) is 8.17. The zero-order chi connectivity index (χ0) is 9.56. The fourth-order valence-corrected chi connectivity index (χ4v) is 1.27. The van der Waals surface area contributed by atoms with Crippen molar-refractivity contribution in [2.24, 2.45) is 5.92 Å². The maximum absolute atomic E-state index is 11.0. The van der Waals surface area contributed by atoms with Crippen molar-refractivity contribution in [3.63, 3.8) is 0 Å². The Morgan fingerprint density at radius 1 is 1.67 bits per heavy atom. The number of carbonyl (C=O) groups is 1. The molecule has 1 unspecified atom stereocenters. The maximum atomic E-state index is 11.0. The van der Waals surface area contributed by atoms with E-state index in [0.717, 1.165) is 0 Å². The summed E-state index contributed by atoms with van der Waals surface area (Å²) in [6, 6.07) is 0. The number of rotatable bonds is 5. The highest BCUT2D eigenvalue weighted by atomic mass is 28.3. The molecule has 70 valence electrons. The Morgan fingerprint density at radius 2 is 2.25 bits per heavy atom. The van der Waals surface area contributed by atoms with E-state index in [-0.39, 0.29) is 5.97 Å². The van der Waals surface area contributed by atoms with Gasteiger partial charge in [-0.05, 0) is 5.92 Å². The van der Waals surface area contributed by atoms with Crippen LogP contribution in [0.2, 0.25) is 6.55 Å². The Bertz CT molecular complexity index is 155. The normalized spacial score (nSPS) is 12.7. The van der Waals surface area contributed by atoms with Gasteiger partial charge in [0.15, 0.2) is 0 Å². The van der Waals surface area contributed by atoms with Crippen LogP contribution in [0.15, 0.2) is 12.3 Å². The molecule has 0 saturated carbocycles. The monoisotopic (exact) mass is 186 g/mol. The van der Waals surface area contributed by atoms with Crippen LogP contribution in [0.5, 0.6) is 0 Å². The molecule has 0 aliphatic carbocycles. The van der Waals surface area contributed by atoms with Gasteiger partial charge in [0.2, 0.25) is 0 Å². The third kappa shape index (κ3) is 6.16. The first-order valence-electron chi connectivity index (χ1n) is 4.34. The number of carbonyl (C=O) groups excluding carboxylic acids is 1. The van der Waals surface area contributed by atoms with Crippen LogP contribution < -0.4 is 0 Å². The fraction of sp³-hybridized carbons (Fsp3) is 0.667. The highest BCUT2D eigenvalue weighted by Gasteiger charge is 2.07. The summed E-state index contributed by atoms with van der Waals surface area (Å²) >= 11 is 0. The van der Waals surface area contributed by atoms with Crippen molar-refractivity contribution in [3.8, 4) is 0 Å². The van der Waals surface area contributed by atoms with E-state index in [4.69, 9.17) is 4.74 Å². The van der Waals surface area contributed by atoms with Gasteiger partial charge in [-0.25, -0.2) is 0 Å². The minimum Gasteiger partial charge on any atom is -0.469 e. The van der Waals surface area contributed by atoms with Crippen molar-refractivity contribution in [1.82, 2.24) is 0 Å². The molecule has 0 aromatic carbocycles. The largest absolute Gasteiger partial charge is 0.469 e. The van der Waals surface area contributed by atoms with E-state index < -0.39 is 8.80 Å². The van der Waals surface area contributed by atoms with Gasteiger partial charge in [-0.3, -0.25) is 4.79 Å². The number of hydrogen-bond donors (Lipinski definition) is 0. The zero-order valence-corrected chi connectivity index (χ0v) is 9.32. The highest BCUT2D eigenvalue weighted by Crippen LogP contribution is 2.01. The van der Waals surface area contributed by atoms with Crippen LogP contribution in [0.4, 0.5) is 0 Å². The molecule has 12 heavy (non-hydrogen) atoms. The minimum absolute atomic E-state index is 0.0776. The quantitative estimate of drug-likeness (QED) is 0.482. The molecule has 0 heterocycles. The Balaban J connectivity index is 3.50. The van der Waals surface area contributed by atoms with E-state index in [1.165, 1.54) is 0 Å². The fourth-order valence-electron chi connectivity index (χ4n) is 0.685. The molecule has 0 amide bonds. The van der Waals surface area contributed by atoms with Crippen molar-refractivity contribution in [1.29, 1.82) is 0 Å². The first-order valence-corrected chi connectivity index (χ1v) is 6.98. The summed E-state index contributed by atoms with van der Waals surface area (Å²) in [5, 5.41) is 0. The molecule has 0 rings (SSSR count).